The minimum atomic E-state index is 0.175. The highest BCUT2D eigenvalue weighted by Crippen LogP contribution is 2.26. The first kappa shape index (κ1) is 9.97. The molecule has 0 spiro atoms. The fourth-order valence-corrected chi connectivity index (χ4v) is 2.17. The summed E-state index contributed by atoms with van der Waals surface area (Å²) in [5.41, 5.74) is 0. The van der Waals surface area contributed by atoms with Crippen LogP contribution in [0.1, 0.15) is 39.5 Å². The molecule has 0 aromatic carbocycles. The smallest absolute Gasteiger partial charge is 0.223 e. The molecule has 1 aliphatic carbocycles. The lowest BCUT2D eigenvalue weighted by Gasteiger charge is -2.31. The van der Waals surface area contributed by atoms with Crippen LogP contribution in [-0.2, 0) is 9.53 Å². The Labute approximate surface area is 85.2 Å². The van der Waals surface area contributed by atoms with E-state index < -0.39 is 0 Å². The van der Waals surface area contributed by atoms with Crippen molar-refractivity contribution in [2.24, 2.45) is 5.92 Å². The Morgan fingerprint density at radius 1 is 1.21 bits per heavy atom. The molecule has 2 rings (SSSR count). The molecule has 1 aliphatic heterocycles. The minimum absolute atomic E-state index is 0.175. The lowest BCUT2D eigenvalue weighted by molar-refractivity contribution is -0.133. The number of carbonyl (C=O) groups is 1. The molecule has 0 aromatic rings. The van der Waals surface area contributed by atoms with Gasteiger partial charge in [0.2, 0.25) is 5.91 Å². The van der Waals surface area contributed by atoms with Gasteiger partial charge in [-0.3, -0.25) is 4.79 Å². The van der Waals surface area contributed by atoms with Gasteiger partial charge in [-0.15, -0.1) is 0 Å². The maximum Gasteiger partial charge on any atom is 0.223 e. The summed E-state index contributed by atoms with van der Waals surface area (Å²) in [7, 11) is 0. The normalized spacial score (nSPS) is 38.0. The van der Waals surface area contributed by atoms with Gasteiger partial charge in [0.15, 0.2) is 0 Å². The van der Waals surface area contributed by atoms with E-state index in [2.05, 4.69) is 5.32 Å². The van der Waals surface area contributed by atoms with Gasteiger partial charge in [0.25, 0.3) is 0 Å². The second kappa shape index (κ2) is 3.89. The Morgan fingerprint density at radius 3 is 2.29 bits per heavy atom. The number of ether oxygens (including phenoxy) is 1. The molecule has 0 bridgehead atoms. The van der Waals surface area contributed by atoms with Gasteiger partial charge in [0.1, 0.15) is 0 Å². The third kappa shape index (κ3) is 2.47. The summed E-state index contributed by atoms with van der Waals surface area (Å²) in [6.45, 7) is 4.10. The van der Waals surface area contributed by atoms with Crippen LogP contribution >= 0.6 is 0 Å². The molecule has 1 amide bonds. The molecule has 2 unspecified atom stereocenters. The average molecular weight is 197 g/mol. The van der Waals surface area contributed by atoms with Crippen LogP contribution in [0.2, 0.25) is 0 Å². The first-order chi connectivity index (χ1) is 6.65. The summed E-state index contributed by atoms with van der Waals surface area (Å²) in [6.07, 6.45) is 4.55. The summed E-state index contributed by atoms with van der Waals surface area (Å²) in [5.74, 6) is 0.420. The number of carbonyl (C=O) groups excluding carboxylic acids is 1. The number of amides is 1. The Balaban J connectivity index is 1.85. The quantitative estimate of drug-likeness (QED) is 0.728. The van der Waals surface area contributed by atoms with Crippen molar-refractivity contribution in [2.75, 3.05) is 0 Å². The molecular formula is C11H19NO2. The number of hydrogen-bond donors (Lipinski definition) is 1. The molecular weight excluding hydrogens is 178 g/mol. The molecule has 0 radical (unpaired) electrons. The molecule has 2 fully saturated rings. The average Bonchev–Trinajstić information content (AvgIpc) is 2.86. The van der Waals surface area contributed by atoms with E-state index in [1.54, 1.807) is 0 Å². The van der Waals surface area contributed by atoms with E-state index in [0.29, 0.717) is 6.04 Å². The zero-order valence-electron chi connectivity index (χ0n) is 8.95. The van der Waals surface area contributed by atoms with E-state index in [1.807, 2.05) is 13.8 Å². The van der Waals surface area contributed by atoms with Crippen molar-refractivity contribution in [1.82, 2.24) is 5.32 Å². The van der Waals surface area contributed by atoms with E-state index in [0.717, 1.165) is 12.8 Å². The molecule has 0 aromatic heterocycles. The zero-order chi connectivity index (χ0) is 10.1. The summed E-state index contributed by atoms with van der Waals surface area (Å²) in [4.78, 5) is 11.8. The monoisotopic (exact) mass is 197 g/mol. The largest absolute Gasteiger partial charge is 0.376 e. The van der Waals surface area contributed by atoms with Gasteiger partial charge in [0, 0.05) is 12.0 Å². The lowest BCUT2D eigenvalue weighted by Crippen LogP contribution is -2.39. The number of nitrogens with one attached hydrogen (secondary N) is 1. The van der Waals surface area contributed by atoms with Crippen molar-refractivity contribution in [3.63, 3.8) is 0 Å². The molecule has 1 heterocycles. The van der Waals surface area contributed by atoms with Crippen LogP contribution < -0.4 is 5.32 Å². The van der Waals surface area contributed by atoms with Crippen LogP contribution in [0.3, 0.4) is 0 Å². The van der Waals surface area contributed by atoms with Crippen molar-refractivity contribution in [1.29, 1.82) is 0 Å². The Kier molecular flexibility index (Phi) is 2.77. The Hall–Kier alpha value is -0.570. The second-order valence-corrected chi connectivity index (χ2v) is 4.71. The van der Waals surface area contributed by atoms with Gasteiger partial charge >= 0.3 is 0 Å². The molecule has 1 saturated carbocycles. The molecule has 1 saturated heterocycles. The maximum absolute atomic E-state index is 11.8. The lowest BCUT2D eigenvalue weighted by atomic mass is 9.92. The first-order valence-corrected chi connectivity index (χ1v) is 5.61. The summed E-state index contributed by atoms with van der Waals surface area (Å²) in [6, 6.07) is 0.482. The van der Waals surface area contributed by atoms with Gasteiger partial charge in [-0.2, -0.15) is 0 Å². The third-order valence-electron chi connectivity index (χ3n) is 2.99. The van der Waals surface area contributed by atoms with E-state index in [-0.39, 0.29) is 24.0 Å². The van der Waals surface area contributed by atoms with Crippen LogP contribution in [0.25, 0.3) is 0 Å². The van der Waals surface area contributed by atoms with E-state index in [1.165, 1.54) is 12.8 Å². The van der Waals surface area contributed by atoms with Crippen LogP contribution in [0.4, 0.5) is 0 Å². The van der Waals surface area contributed by atoms with E-state index in [4.69, 9.17) is 4.74 Å². The second-order valence-electron chi connectivity index (χ2n) is 4.71. The van der Waals surface area contributed by atoms with Crippen LogP contribution in [-0.4, -0.2) is 24.2 Å². The van der Waals surface area contributed by atoms with Gasteiger partial charge in [-0.25, -0.2) is 0 Å². The topological polar surface area (TPSA) is 38.3 Å². The molecule has 3 heteroatoms. The zero-order valence-corrected chi connectivity index (χ0v) is 8.95. The SMILES string of the molecule is CC1CC(C(=O)NC2CC2)CC(C)O1. The van der Waals surface area contributed by atoms with E-state index >= 15 is 0 Å². The highest BCUT2D eigenvalue weighted by Gasteiger charge is 2.32. The van der Waals surface area contributed by atoms with E-state index in [9.17, 15) is 4.79 Å². The summed E-state index contributed by atoms with van der Waals surface area (Å²) < 4.78 is 5.61. The van der Waals surface area contributed by atoms with Crippen molar-refractivity contribution in [3.05, 3.63) is 0 Å². The van der Waals surface area contributed by atoms with Gasteiger partial charge in [0.05, 0.1) is 12.2 Å². The van der Waals surface area contributed by atoms with Crippen molar-refractivity contribution in [2.45, 2.75) is 57.8 Å². The fraction of sp³-hybridized carbons (Fsp3) is 0.909. The molecule has 2 atom stereocenters. The van der Waals surface area contributed by atoms with Crippen LogP contribution in [0.15, 0.2) is 0 Å². The number of rotatable bonds is 2. The minimum Gasteiger partial charge on any atom is -0.376 e. The highest BCUT2D eigenvalue weighted by molar-refractivity contribution is 5.79. The van der Waals surface area contributed by atoms with Crippen molar-refractivity contribution >= 4 is 5.91 Å². The first-order valence-electron chi connectivity index (χ1n) is 5.61. The Bertz CT molecular complexity index is 215. The fourth-order valence-electron chi connectivity index (χ4n) is 2.17. The summed E-state index contributed by atoms with van der Waals surface area (Å²) >= 11 is 0. The van der Waals surface area contributed by atoms with Crippen LogP contribution in [0.5, 0.6) is 0 Å². The maximum atomic E-state index is 11.8. The molecule has 1 N–H and O–H groups in total. The Morgan fingerprint density at radius 2 is 1.79 bits per heavy atom. The predicted molar refractivity (Wildman–Crippen MR) is 53.9 cm³/mol. The summed E-state index contributed by atoms with van der Waals surface area (Å²) in [5, 5.41) is 3.07. The standard InChI is InChI=1S/C11H19NO2/c1-7-5-9(6-8(2)14-7)11(13)12-10-3-4-10/h7-10H,3-6H2,1-2H3,(H,12,13). The van der Waals surface area contributed by atoms with Crippen LogP contribution in [0, 0.1) is 5.92 Å². The molecule has 2 aliphatic rings. The van der Waals surface area contributed by atoms with Crippen molar-refractivity contribution in [3.8, 4) is 0 Å². The van der Waals surface area contributed by atoms with Crippen molar-refractivity contribution < 1.29 is 9.53 Å². The molecule has 14 heavy (non-hydrogen) atoms. The highest BCUT2D eigenvalue weighted by atomic mass is 16.5. The van der Waals surface area contributed by atoms with Gasteiger partial charge in [-0.05, 0) is 39.5 Å². The predicted octanol–water partition coefficient (Wildman–Crippen LogP) is 1.47. The molecule has 3 nitrogen and oxygen atoms in total. The van der Waals surface area contributed by atoms with Gasteiger partial charge < -0.3 is 10.1 Å². The third-order valence-corrected chi connectivity index (χ3v) is 2.99. The van der Waals surface area contributed by atoms with Gasteiger partial charge in [-0.1, -0.05) is 0 Å². The molecule has 80 valence electrons. The number of hydrogen-bond acceptors (Lipinski definition) is 2.